The van der Waals surface area contributed by atoms with Gasteiger partial charge in [-0.2, -0.15) is 5.10 Å². The number of carbonyl (C=O) groups is 1. The zero-order valence-electron chi connectivity index (χ0n) is 14.5. The van der Waals surface area contributed by atoms with Gasteiger partial charge < -0.3 is 15.2 Å². The van der Waals surface area contributed by atoms with Crippen molar-refractivity contribution in [3.05, 3.63) is 46.8 Å². The summed E-state index contributed by atoms with van der Waals surface area (Å²) in [4.78, 5) is 12.6. The second kappa shape index (κ2) is 8.49. The summed E-state index contributed by atoms with van der Waals surface area (Å²) in [7, 11) is 0. The molecular weight excluding hydrogens is 306 g/mol. The molecule has 0 radical (unpaired) electrons. The molecule has 1 aromatic heterocycles. The first-order valence-corrected chi connectivity index (χ1v) is 8.22. The number of nitrogens with zero attached hydrogens (tertiary/aromatic N) is 2. The van der Waals surface area contributed by atoms with Gasteiger partial charge in [-0.25, -0.2) is 0 Å². The van der Waals surface area contributed by atoms with Crippen LogP contribution in [-0.4, -0.2) is 34.0 Å². The van der Waals surface area contributed by atoms with E-state index in [0.29, 0.717) is 17.9 Å². The van der Waals surface area contributed by atoms with E-state index in [9.17, 15) is 4.79 Å². The topological polar surface area (TPSA) is 76.4 Å². The Hall–Kier alpha value is -2.34. The van der Waals surface area contributed by atoms with Crippen LogP contribution in [0.5, 0.6) is 5.75 Å². The highest BCUT2D eigenvalue weighted by atomic mass is 16.5. The van der Waals surface area contributed by atoms with Gasteiger partial charge in [-0.3, -0.25) is 9.48 Å². The summed E-state index contributed by atoms with van der Waals surface area (Å²) < 4.78 is 7.37. The van der Waals surface area contributed by atoms with Crippen LogP contribution >= 0.6 is 0 Å². The maximum absolute atomic E-state index is 12.6. The zero-order valence-corrected chi connectivity index (χ0v) is 14.5. The third-order valence-electron chi connectivity index (χ3n) is 3.80. The van der Waals surface area contributed by atoms with Crippen LogP contribution in [0.15, 0.2) is 24.3 Å². The quantitative estimate of drug-likeness (QED) is 0.777. The molecule has 6 heteroatoms. The summed E-state index contributed by atoms with van der Waals surface area (Å²) in [6.45, 7) is 7.20. The van der Waals surface area contributed by atoms with Crippen molar-refractivity contribution in [2.75, 3.05) is 13.2 Å². The molecule has 0 aliphatic rings. The zero-order chi connectivity index (χ0) is 17.5. The first kappa shape index (κ1) is 18.0. The highest BCUT2D eigenvalue weighted by Gasteiger charge is 2.18. The molecule has 130 valence electrons. The molecule has 1 heterocycles. The predicted octanol–water partition coefficient (Wildman–Crippen LogP) is 2.21. The molecule has 2 aromatic rings. The number of hydrogen-bond acceptors (Lipinski definition) is 4. The highest BCUT2D eigenvalue weighted by Crippen LogP contribution is 2.18. The van der Waals surface area contributed by atoms with E-state index in [2.05, 4.69) is 17.3 Å². The number of aliphatic hydroxyl groups is 1. The number of rotatable bonds is 8. The first-order chi connectivity index (χ1) is 11.6. The van der Waals surface area contributed by atoms with Gasteiger partial charge in [0.05, 0.1) is 17.9 Å². The van der Waals surface area contributed by atoms with Gasteiger partial charge >= 0.3 is 0 Å². The molecule has 2 rings (SSSR count). The van der Waals surface area contributed by atoms with E-state index >= 15 is 0 Å². The van der Waals surface area contributed by atoms with Crippen molar-refractivity contribution in [2.24, 2.45) is 0 Å². The van der Waals surface area contributed by atoms with Crippen LogP contribution < -0.4 is 10.1 Å². The highest BCUT2D eigenvalue weighted by molar-refractivity contribution is 5.96. The van der Waals surface area contributed by atoms with Crippen LogP contribution in [-0.2, 0) is 13.1 Å². The molecule has 1 amide bonds. The number of carbonyl (C=O) groups excluding carboxylic acids is 1. The largest absolute Gasteiger partial charge is 0.491 e. The number of benzene rings is 1. The van der Waals surface area contributed by atoms with Crippen molar-refractivity contribution >= 4 is 5.91 Å². The molecule has 0 saturated heterocycles. The van der Waals surface area contributed by atoms with Gasteiger partial charge in [0.25, 0.3) is 5.91 Å². The lowest BCUT2D eigenvalue weighted by atomic mass is 10.1. The molecule has 0 aliphatic heterocycles. The van der Waals surface area contributed by atoms with Crippen LogP contribution in [0.25, 0.3) is 0 Å². The summed E-state index contributed by atoms with van der Waals surface area (Å²) in [5, 5.41) is 16.3. The Morgan fingerprint density at radius 3 is 2.79 bits per heavy atom. The van der Waals surface area contributed by atoms with Crippen molar-refractivity contribution < 1.29 is 14.6 Å². The molecule has 0 spiro atoms. The summed E-state index contributed by atoms with van der Waals surface area (Å²) in [5.74, 6) is 0.534. The third kappa shape index (κ3) is 4.14. The van der Waals surface area contributed by atoms with Crippen LogP contribution in [0.2, 0.25) is 0 Å². The standard InChI is InChI=1S/C18H25N3O3/c1-4-9-21-14(3)17(13(2)20-21)18(23)19-12-15-7-5-6-8-16(15)24-11-10-22/h5-8,22H,4,9-12H2,1-3H3,(H,19,23). The minimum Gasteiger partial charge on any atom is -0.491 e. The maximum atomic E-state index is 12.6. The Balaban J connectivity index is 2.09. The van der Waals surface area contributed by atoms with Crippen LogP contribution in [0.4, 0.5) is 0 Å². The van der Waals surface area contributed by atoms with Crippen molar-refractivity contribution in [2.45, 2.75) is 40.3 Å². The van der Waals surface area contributed by atoms with Crippen molar-refractivity contribution in [1.29, 1.82) is 0 Å². The van der Waals surface area contributed by atoms with Gasteiger partial charge in [-0.15, -0.1) is 0 Å². The fourth-order valence-corrected chi connectivity index (χ4v) is 2.67. The normalized spacial score (nSPS) is 10.7. The van der Waals surface area contributed by atoms with E-state index in [1.165, 1.54) is 0 Å². The summed E-state index contributed by atoms with van der Waals surface area (Å²) in [6, 6.07) is 7.48. The second-order valence-electron chi connectivity index (χ2n) is 5.63. The molecule has 0 aliphatic carbocycles. The molecule has 1 aromatic carbocycles. The molecule has 0 bridgehead atoms. The molecule has 0 fully saturated rings. The monoisotopic (exact) mass is 331 g/mol. The SMILES string of the molecule is CCCn1nc(C)c(C(=O)NCc2ccccc2OCCO)c1C. The van der Waals surface area contributed by atoms with Gasteiger partial charge in [0.1, 0.15) is 12.4 Å². The number of aromatic nitrogens is 2. The summed E-state index contributed by atoms with van der Waals surface area (Å²) >= 11 is 0. The fourth-order valence-electron chi connectivity index (χ4n) is 2.67. The number of aryl methyl sites for hydroxylation is 2. The number of amides is 1. The van der Waals surface area contributed by atoms with Crippen LogP contribution in [0.1, 0.15) is 40.7 Å². The molecule has 0 saturated carbocycles. The predicted molar refractivity (Wildman–Crippen MR) is 92.2 cm³/mol. The average Bonchev–Trinajstić information content (AvgIpc) is 2.85. The Morgan fingerprint density at radius 1 is 1.33 bits per heavy atom. The van der Waals surface area contributed by atoms with Crippen molar-refractivity contribution in [3.63, 3.8) is 0 Å². The van der Waals surface area contributed by atoms with E-state index in [0.717, 1.165) is 29.9 Å². The van der Waals surface area contributed by atoms with E-state index in [1.807, 2.05) is 42.8 Å². The number of aliphatic hydroxyl groups excluding tert-OH is 1. The second-order valence-corrected chi connectivity index (χ2v) is 5.63. The molecule has 6 nitrogen and oxygen atoms in total. The van der Waals surface area contributed by atoms with Gasteiger partial charge in [-0.1, -0.05) is 25.1 Å². The Bertz CT molecular complexity index is 695. The molecule has 0 unspecified atom stereocenters. The first-order valence-electron chi connectivity index (χ1n) is 8.22. The Kier molecular flexibility index (Phi) is 6.37. The van der Waals surface area contributed by atoms with Crippen LogP contribution in [0, 0.1) is 13.8 Å². The third-order valence-corrected chi connectivity index (χ3v) is 3.80. The Labute approximate surface area is 142 Å². The lowest BCUT2D eigenvalue weighted by Crippen LogP contribution is -2.24. The molecule has 2 N–H and O–H groups in total. The van der Waals surface area contributed by atoms with Gasteiger partial charge in [0, 0.05) is 24.3 Å². The lowest BCUT2D eigenvalue weighted by Gasteiger charge is -2.11. The van der Waals surface area contributed by atoms with Gasteiger partial charge in [0.15, 0.2) is 0 Å². The summed E-state index contributed by atoms with van der Waals surface area (Å²) in [5.41, 5.74) is 3.13. The fraction of sp³-hybridized carbons (Fsp3) is 0.444. The number of nitrogens with one attached hydrogen (secondary N) is 1. The van der Waals surface area contributed by atoms with Gasteiger partial charge in [-0.05, 0) is 26.3 Å². The lowest BCUT2D eigenvalue weighted by molar-refractivity contribution is 0.0949. The smallest absolute Gasteiger partial charge is 0.255 e. The van der Waals surface area contributed by atoms with E-state index in [1.54, 1.807) is 0 Å². The minimum atomic E-state index is -0.135. The average molecular weight is 331 g/mol. The van der Waals surface area contributed by atoms with E-state index in [4.69, 9.17) is 9.84 Å². The maximum Gasteiger partial charge on any atom is 0.255 e. The molecule has 0 atom stereocenters. The minimum absolute atomic E-state index is 0.0459. The van der Waals surface area contributed by atoms with Crippen molar-refractivity contribution in [3.8, 4) is 5.75 Å². The van der Waals surface area contributed by atoms with E-state index < -0.39 is 0 Å². The van der Waals surface area contributed by atoms with E-state index in [-0.39, 0.29) is 19.1 Å². The summed E-state index contributed by atoms with van der Waals surface area (Å²) in [6.07, 6.45) is 0.971. The molecule has 24 heavy (non-hydrogen) atoms. The van der Waals surface area contributed by atoms with Crippen LogP contribution in [0.3, 0.4) is 0 Å². The van der Waals surface area contributed by atoms with Crippen molar-refractivity contribution in [1.82, 2.24) is 15.1 Å². The number of para-hydroxylation sites is 1. The number of hydrogen-bond donors (Lipinski definition) is 2. The van der Waals surface area contributed by atoms with Gasteiger partial charge in [0.2, 0.25) is 0 Å². The Morgan fingerprint density at radius 2 is 2.08 bits per heavy atom. The number of ether oxygens (including phenoxy) is 1. The molecular formula is C18H25N3O3.